The first-order chi connectivity index (χ1) is 14.7. The van der Waals surface area contributed by atoms with Gasteiger partial charge in [0.15, 0.2) is 12.0 Å². The molecule has 2 fully saturated rings. The van der Waals surface area contributed by atoms with Crippen molar-refractivity contribution in [1.29, 1.82) is 0 Å². The fraction of sp³-hybridized carbons (Fsp3) is 0.458. The average molecular weight is 408 g/mol. The third kappa shape index (κ3) is 3.82. The fourth-order valence-corrected chi connectivity index (χ4v) is 5.05. The molecule has 2 aromatic rings. The predicted octanol–water partition coefficient (Wildman–Crippen LogP) is 3.66. The van der Waals surface area contributed by atoms with E-state index < -0.39 is 4.65 Å². The van der Waals surface area contributed by atoms with Gasteiger partial charge in [0.25, 0.3) is 0 Å². The summed E-state index contributed by atoms with van der Waals surface area (Å²) in [6.45, 7) is 3.74. The highest BCUT2D eigenvalue weighted by Gasteiger charge is 2.40. The van der Waals surface area contributed by atoms with E-state index in [1.807, 2.05) is 24.3 Å². The molecule has 158 valence electrons. The first-order valence-electron chi connectivity index (χ1n) is 11.0. The van der Waals surface area contributed by atoms with E-state index in [0.717, 1.165) is 43.7 Å². The second-order valence-corrected chi connectivity index (χ2v) is 8.45. The van der Waals surface area contributed by atoms with Crippen LogP contribution in [0.1, 0.15) is 18.4 Å². The van der Waals surface area contributed by atoms with Gasteiger partial charge in [0.2, 0.25) is 0 Å². The lowest BCUT2D eigenvalue weighted by atomic mass is 9.95. The van der Waals surface area contributed by atoms with Crippen LogP contribution in [0.2, 0.25) is 0 Å². The Hall–Kier alpha value is -2.09. The van der Waals surface area contributed by atoms with E-state index in [0.29, 0.717) is 19.8 Å². The smallest absolute Gasteiger partial charge is 0.196 e. The zero-order valence-corrected chi connectivity index (χ0v) is 17.2. The van der Waals surface area contributed by atoms with Gasteiger partial charge in [0.05, 0.1) is 25.9 Å². The zero-order chi connectivity index (χ0) is 20.4. The van der Waals surface area contributed by atoms with Gasteiger partial charge in [-0.1, -0.05) is 42.5 Å². The molecule has 0 aliphatic carbocycles. The van der Waals surface area contributed by atoms with E-state index >= 15 is 0 Å². The second kappa shape index (κ2) is 8.57. The Kier molecular flexibility index (Phi) is 5.67. The van der Waals surface area contributed by atoms with Crippen LogP contribution < -0.4 is 4.65 Å². The zero-order valence-electron chi connectivity index (χ0n) is 17.2. The van der Waals surface area contributed by atoms with Gasteiger partial charge in [-0.2, -0.15) is 4.99 Å². The Balaban J connectivity index is 1.30. The van der Waals surface area contributed by atoms with Gasteiger partial charge in [-0.3, -0.25) is 9.55 Å². The van der Waals surface area contributed by atoms with Crippen molar-refractivity contribution in [3.63, 3.8) is 0 Å². The van der Waals surface area contributed by atoms with E-state index in [1.54, 1.807) is 6.34 Å². The van der Waals surface area contributed by atoms with Crippen molar-refractivity contribution in [3.05, 3.63) is 65.4 Å². The molecular weight excluding hydrogens is 378 g/mol. The number of likely N-dealkylation sites (tertiary alicyclic amines) is 1. The van der Waals surface area contributed by atoms with Gasteiger partial charge in [-0.25, -0.2) is 0 Å². The van der Waals surface area contributed by atoms with Gasteiger partial charge in [-0.05, 0) is 18.1 Å². The molecule has 6 heteroatoms. The summed E-state index contributed by atoms with van der Waals surface area (Å²) < 4.78 is 11.4. The minimum atomic E-state index is -0.420. The number of ether oxygens (including phenoxy) is 2. The molecule has 3 unspecified atom stereocenters. The Morgan fingerprint density at radius 1 is 1.03 bits per heavy atom. The molecule has 5 rings (SSSR count). The van der Waals surface area contributed by atoms with Crippen molar-refractivity contribution in [2.24, 2.45) is 4.99 Å². The van der Waals surface area contributed by atoms with Crippen molar-refractivity contribution in [3.8, 4) is 0 Å². The van der Waals surface area contributed by atoms with Crippen LogP contribution in [0.15, 0.2) is 59.6 Å². The SMILES string of the molecule is [O-][N+]1(C2CCN(C(Cc3ccccc3)C3COCCO3)CC2)C=Nc2ccccc21. The molecule has 6 nitrogen and oxygen atoms in total. The van der Waals surface area contributed by atoms with Crippen LogP contribution in [0.5, 0.6) is 0 Å². The molecule has 3 atom stereocenters. The molecule has 0 aromatic heterocycles. The molecule has 30 heavy (non-hydrogen) atoms. The minimum Gasteiger partial charge on any atom is -0.621 e. The van der Waals surface area contributed by atoms with E-state index in [9.17, 15) is 5.21 Å². The summed E-state index contributed by atoms with van der Waals surface area (Å²) in [7, 11) is 0. The lowest BCUT2D eigenvalue weighted by molar-refractivity contribution is -0.121. The second-order valence-electron chi connectivity index (χ2n) is 8.45. The molecule has 0 radical (unpaired) electrons. The summed E-state index contributed by atoms with van der Waals surface area (Å²) in [5.74, 6) is 0. The van der Waals surface area contributed by atoms with E-state index in [4.69, 9.17) is 9.47 Å². The van der Waals surface area contributed by atoms with Crippen LogP contribution >= 0.6 is 0 Å². The van der Waals surface area contributed by atoms with Crippen molar-refractivity contribution >= 4 is 17.7 Å². The monoisotopic (exact) mass is 407 g/mol. The van der Waals surface area contributed by atoms with E-state index in [1.165, 1.54) is 5.56 Å². The molecule has 2 saturated heterocycles. The fourth-order valence-electron chi connectivity index (χ4n) is 5.05. The number of hydrogen-bond donors (Lipinski definition) is 0. The number of hydrogen-bond acceptors (Lipinski definition) is 5. The molecule has 0 spiro atoms. The largest absolute Gasteiger partial charge is 0.621 e. The van der Waals surface area contributed by atoms with Crippen LogP contribution in [-0.4, -0.2) is 62.3 Å². The van der Waals surface area contributed by atoms with E-state index in [2.05, 4.69) is 40.2 Å². The molecule has 0 N–H and O–H groups in total. The first-order valence-corrected chi connectivity index (χ1v) is 11.0. The number of benzene rings is 2. The van der Waals surface area contributed by atoms with Crippen LogP contribution in [0, 0.1) is 5.21 Å². The number of aliphatic imine (C=N–C) groups is 1. The van der Waals surface area contributed by atoms with Crippen LogP contribution in [0.25, 0.3) is 0 Å². The molecule has 3 heterocycles. The number of nitrogens with zero attached hydrogens (tertiary/aromatic N) is 3. The Bertz CT molecular complexity index is 876. The average Bonchev–Trinajstić information content (AvgIpc) is 3.17. The lowest BCUT2D eigenvalue weighted by Crippen LogP contribution is -2.58. The third-order valence-corrected chi connectivity index (χ3v) is 6.70. The maximum atomic E-state index is 13.7. The molecule has 0 bridgehead atoms. The molecule has 2 aromatic carbocycles. The highest BCUT2D eigenvalue weighted by atomic mass is 16.6. The van der Waals surface area contributed by atoms with Gasteiger partial charge in [0, 0.05) is 38.0 Å². The highest BCUT2D eigenvalue weighted by Crippen LogP contribution is 2.41. The molecule has 0 amide bonds. The maximum Gasteiger partial charge on any atom is 0.196 e. The standard InChI is InChI=1S/C24H29N3O3/c28-27(18-25-21-8-4-5-9-23(21)27)20-10-12-26(13-11-20)22(24-17-29-14-15-30-24)16-19-6-2-1-3-7-19/h1-9,18,20,22,24H,10-17H2. The molecule has 0 saturated carbocycles. The normalized spacial score (nSPS) is 28.4. The van der Waals surface area contributed by atoms with Crippen molar-refractivity contribution in [2.45, 2.75) is 37.5 Å². The topological polar surface area (TPSA) is 57.1 Å². The van der Waals surface area contributed by atoms with Crippen LogP contribution in [0.4, 0.5) is 11.4 Å². The Morgan fingerprint density at radius 3 is 2.57 bits per heavy atom. The number of fused-ring (bicyclic) bond motifs is 1. The third-order valence-electron chi connectivity index (χ3n) is 6.70. The van der Waals surface area contributed by atoms with Crippen LogP contribution in [-0.2, 0) is 15.9 Å². The van der Waals surface area contributed by atoms with Crippen molar-refractivity contribution in [2.75, 3.05) is 32.9 Å². The highest BCUT2D eigenvalue weighted by molar-refractivity contribution is 5.89. The predicted molar refractivity (Wildman–Crippen MR) is 119 cm³/mol. The molecule has 3 aliphatic heterocycles. The summed E-state index contributed by atoms with van der Waals surface area (Å²) in [5.41, 5.74) is 2.90. The number of piperidine rings is 1. The lowest BCUT2D eigenvalue weighted by Gasteiger charge is -2.48. The first kappa shape index (κ1) is 19.8. The van der Waals surface area contributed by atoms with E-state index in [-0.39, 0.29) is 18.2 Å². The van der Waals surface area contributed by atoms with Crippen LogP contribution in [0.3, 0.4) is 0 Å². The van der Waals surface area contributed by atoms with Gasteiger partial charge in [-0.15, -0.1) is 0 Å². The summed E-state index contributed by atoms with van der Waals surface area (Å²) in [6, 6.07) is 18.6. The summed E-state index contributed by atoms with van der Waals surface area (Å²) in [4.78, 5) is 6.90. The minimum absolute atomic E-state index is 0.00884. The number of quaternary nitrogens is 1. The Labute approximate surface area is 177 Å². The number of rotatable bonds is 5. The summed E-state index contributed by atoms with van der Waals surface area (Å²) >= 11 is 0. The van der Waals surface area contributed by atoms with Crippen molar-refractivity contribution < 1.29 is 9.47 Å². The number of para-hydroxylation sites is 2. The molecule has 3 aliphatic rings. The van der Waals surface area contributed by atoms with Gasteiger partial charge in [0.1, 0.15) is 11.7 Å². The van der Waals surface area contributed by atoms with Gasteiger partial charge < -0.3 is 14.7 Å². The summed E-state index contributed by atoms with van der Waals surface area (Å²) in [5, 5.41) is 13.7. The number of hydroxylamine groups is 2. The van der Waals surface area contributed by atoms with Gasteiger partial charge >= 0.3 is 0 Å². The quantitative estimate of drug-likeness (QED) is 0.561. The molecular formula is C24H29N3O3. The maximum absolute atomic E-state index is 13.7. The summed E-state index contributed by atoms with van der Waals surface area (Å²) in [6.07, 6.45) is 4.29. The Morgan fingerprint density at radius 2 is 1.80 bits per heavy atom. The van der Waals surface area contributed by atoms with Crippen molar-refractivity contribution in [1.82, 2.24) is 9.55 Å².